The summed E-state index contributed by atoms with van der Waals surface area (Å²) in [6.07, 6.45) is 2.64. The Kier molecular flexibility index (Phi) is 4.03. The van der Waals surface area contributed by atoms with Crippen molar-refractivity contribution in [2.75, 3.05) is 20.1 Å². The van der Waals surface area contributed by atoms with E-state index in [0.717, 1.165) is 10.3 Å². The zero-order chi connectivity index (χ0) is 10.7. The minimum Gasteiger partial charge on any atom is -0.306 e. The van der Waals surface area contributed by atoms with Gasteiger partial charge in [0.15, 0.2) is 0 Å². The molecule has 0 aliphatic carbocycles. The van der Waals surface area contributed by atoms with Gasteiger partial charge >= 0.3 is 0 Å². The summed E-state index contributed by atoms with van der Waals surface area (Å²) in [5, 5.41) is 0. The van der Waals surface area contributed by atoms with Gasteiger partial charge in [-0.05, 0) is 50.0 Å². The highest BCUT2D eigenvalue weighted by Gasteiger charge is 2.17. The van der Waals surface area contributed by atoms with E-state index in [4.69, 9.17) is 0 Å². The van der Waals surface area contributed by atoms with E-state index in [0.29, 0.717) is 0 Å². The fourth-order valence-corrected chi connectivity index (χ4v) is 2.73. The first-order chi connectivity index (χ1) is 7.29. The van der Waals surface area contributed by atoms with Crippen molar-refractivity contribution in [3.63, 3.8) is 0 Å². The van der Waals surface area contributed by atoms with Gasteiger partial charge in [0, 0.05) is 4.43 Å². The summed E-state index contributed by atoms with van der Waals surface area (Å²) in [6, 6.07) is 9.20. The van der Waals surface area contributed by atoms with Crippen LogP contribution in [0.15, 0.2) is 24.3 Å². The molecule has 1 aliphatic heterocycles. The molecule has 1 heterocycles. The Hall–Kier alpha value is -0.0900. The van der Waals surface area contributed by atoms with E-state index in [1.165, 1.54) is 37.1 Å². The van der Waals surface area contributed by atoms with E-state index in [2.05, 4.69) is 58.8 Å². The molecule has 15 heavy (non-hydrogen) atoms. The van der Waals surface area contributed by atoms with Crippen LogP contribution in [0.3, 0.4) is 0 Å². The summed E-state index contributed by atoms with van der Waals surface area (Å²) in [7, 11) is 2.22. The number of rotatable bonds is 2. The lowest BCUT2D eigenvalue weighted by Crippen LogP contribution is -2.29. The van der Waals surface area contributed by atoms with Gasteiger partial charge in [-0.2, -0.15) is 0 Å². The van der Waals surface area contributed by atoms with Gasteiger partial charge in [0.05, 0.1) is 0 Å². The van der Waals surface area contributed by atoms with Gasteiger partial charge in [-0.15, -0.1) is 0 Å². The van der Waals surface area contributed by atoms with Gasteiger partial charge in [-0.3, -0.25) is 0 Å². The van der Waals surface area contributed by atoms with Crippen LogP contribution in [0.4, 0.5) is 0 Å². The van der Waals surface area contributed by atoms with Crippen molar-refractivity contribution in [1.29, 1.82) is 0 Å². The quantitative estimate of drug-likeness (QED) is 0.597. The normalized spacial score (nSPS) is 19.3. The average Bonchev–Trinajstić information content (AvgIpc) is 2.30. The lowest BCUT2D eigenvalue weighted by Gasteiger charge is -2.29. The number of likely N-dealkylation sites (tertiary alicyclic amines) is 1. The second-order valence-corrected chi connectivity index (χ2v) is 5.22. The van der Waals surface area contributed by atoms with Crippen LogP contribution in [0.25, 0.3) is 0 Å². The van der Waals surface area contributed by atoms with Crippen LogP contribution in [0.2, 0.25) is 0 Å². The zero-order valence-electron chi connectivity index (χ0n) is 9.25. The van der Waals surface area contributed by atoms with Crippen LogP contribution in [-0.2, 0) is 4.43 Å². The smallest absolute Gasteiger partial charge is 0.0247 e. The molecule has 0 bridgehead atoms. The Morgan fingerprint density at radius 3 is 2.33 bits per heavy atom. The van der Waals surface area contributed by atoms with Crippen LogP contribution >= 0.6 is 22.6 Å². The molecule has 0 spiro atoms. The van der Waals surface area contributed by atoms with Crippen molar-refractivity contribution < 1.29 is 0 Å². The minimum absolute atomic E-state index is 0.796. The molecule has 0 amide bonds. The predicted molar refractivity (Wildman–Crippen MR) is 73.6 cm³/mol. The van der Waals surface area contributed by atoms with E-state index in [1.54, 1.807) is 0 Å². The average molecular weight is 315 g/mol. The number of alkyl halides is 1. The maximum Gasteiger partial charge on any atom is 0.0247 e. The number of halogens is 1. The molecule has 0 saturated carbocycles. The summed E-state index contributed by atoms with van der Waals surface area (Å²) < 4.78 is 1.12. The van der Waals surface area contributed by atoms with E-state index < -0.39 is 0 Å². The second-order valence-electron chi connectivity index (χ2n) is 4.45. The third-order valence-corrected chi connectivity index (χ3v) is 4.20. The van der Waals surface area contributed by atoms with E-state index in [-0.39, 0.29) is 0 Å². The molecule has 1 nitrogen and oxygen atoms in total. The molecule has 1 fully saturated rings. The predicted octanol–water partition coefficient (Wildman–Crippen LogP) is 3.43. The lowest BCUT2D eigenvalue weighted by atomic mass is 9.89. The van der Waals surface area contributed by atoms with Crippen molar-refractivity contribution in [3.05, 3.63) is 35.4 Å². The zero-order valence-corrected chi connectivity index (χ0v) is 11.4. The molecule has 0 N–H and O–H groups in total. The molecule has 0 unspecified atom stereocenters. The van der Waals surface area contributed by atoms with E-state index >= 15 is 0 Å². The first-order valence-corrected chi connectivity index (χ1v) is 7.15. The van der Waals surface area contributed by atoms with Gasteiger partial charge in [0.25, 0.3) is 0 Å². The van der Waals surface area contributed by atoms with Crippen molar-refractivity contribution in [3.8, 4) is 0 Å². The summed E-state index contributed by atoms with van der Waals surface area (Å²) in [6.45, 7) is 2.50. The molecule has 1 aromatic carbocycles. The van der Waals surface area contributed by atoms with Crippen molar-refractivity contribution in [2.24, 2.45) is 0 Å². The second kappa shape index (κ2) is 5.30. The third kappa shape index (κ3) is 2.94. The van der Waals surface area contributed by atoms with Crippen molar-refractivity contribution in [2.45, 2.75) is 23.2 Å². The van der Waals surface area contributed by atoms with Crippen LogP contribution in [-0.4, -0.2) is 25.0 Å². The van der Waals surface area contributed by atoms with Gasteiger partial charge in [-0.25, -0.2) is 0 Å². The number of hydrogen-bond acceptors (Lipinski definition) is 1. The Morgan fingerprint density at radius 1 is 1.20 bits per heavy atom. The van der Waals surface area contributed by atoms with Crippen LogP contribution < -0.4 is 0 Å². The highest BCUT2D eigenvalue weighted by molar-refractivity contribution is 14.1. The van der Waals surface area contributed by atoms with Crippen LogP contribution in [0.5, 0.6) is 0 Å². The highest BCUT2D eigenvalue weighted by atomic mass is 127. The standard InChI is InChI=1S/C13H18IN/c1-15-8-6-13(7-9-15)12-4-2-11(10-14)3-5-12/h2-5,13H,6-10H2,1H3. The van der Waals surface area contributed by atoms with Gasteiger partial charge in [-0.1, -0.05) is 46.9 Å². The summed E-state index contributed by atoms with van der Waals surface area (Å²) in [5.74, 6) is 0.796. The molecule has 0 aromatic heterocycles. The Bertz CT molecular complexity index is 299. The Balaban J connectivity index is 2.03. The highest BCUT2D eigenvalue weighted by Crippen LogP contribution is 2.27. The molecule has 2 rings (SSSR count). The molecule has 0 radical (unpaired) electrons. The molecule has 82 valence electrons. The number of hydrogen-bond donors (Lipinski definition) is 0. The van der Waals surface area contributed by atoms with Gasteiger partial charge in [0.1, 0.15) is 0 Å². The first kappa shape index (κ1) is 11.4. The lowest BCUT2D eigenvalue weighted by molar-refractivity contribution is 0.255. The van der Waals surface area contributed by atoms with Gasteiger partial charge < -0.3 is 4.90 Å². The maximum absolute atomic E-state index is 2.43. The summed E-state index contributed by atoms with van der Waals surface area (Å²) >= 11 is 2.42. The molecule has 1 aliphatic rings. The van der Waals surface area contributed by atoms with Crippen LogP contribution in [0, 0.1) is 0 Å². The summed E-state index contributed by atoms with van der Waals surface area (Å²) in [5.41, 5.74) is 2.98. The molecule has 2 heteroatoms. The minimum atomic E-state index is 0.796. The molecule has 1 saturated heterocycles. The maximum atomic E-state index is 2.43. The van der Waals surface area contributed by atoms with Gasteiger partial charge in [0.2, 0.25) is 0 Å². The van der Waals surface area contributed by atoms with E-state index in [1.807, 2.05) is 0 Å². The Labute approximate surface area is 106 Å². The molecular weight excluding hydrogens is 297 g/mol. The molecule has 0 atom stereocenters. The Morgan fingerprint density at radius 2 is 1.80 bits per heavy atom. The summed E-state index contributed by atoms with van der Waals surface area (Å²) in [4.78, 5) is 2.43. The number of nitrogens with zero attached hydrogens (tertiary/aromatic N) is 1. The number of benzene rings is 1. The monoisotopic (exact) mass is 315 g/mol. The largest absolute Gasteiger partial charge is 0.306 e. The SMILES string of the molecule is CN1CCC(c2ccc(CI)cc2)CC1. The molecular formula is C13H18IN. The topological polar surface area (TPSA) is 3.24 Å². The number of piperidine rings is 1. The fraction of sp³-hybridized carbons (Fsp3) is 0.538. The van der Waals surface area contributed by atoms with Crippen LogP contribution in [0.1, 0.15) is 29.9 Å². The first-order valence-electron chi connectivity index (χ1n) is 5.63. The van der Waals surface area contributed by atoms with Crippen molar-refractivity contribution >= 4 is 22.6 Å². The van der Waals surface area contributed by atoms with Crippen molar-refractivity contribution in [1.82, 2.24) is 4.90 Å². The third-order valence-electron chi connectivity index (χ3n) is 3.32. The fourth-order valence-electron chi connectivity index (χ4n) is 2.22. The molecule has 1 aromatic rings. The van der Waals surface area contributed by atoms with E-state index in [9.17, 15) is 0 Å².